The van der Waals surface area contributed by atoms with E-state index in [1.54, 1.807) is 6.07 Å². The molecular weight excluding hydrogens is 268 g/mol. The van der Waals surface area contributed by atoms with Crippen LogP contribution < -0.4 is 10.5 Å². The van der Waals surface area contributed by atoms with Crippen molar-refractivity contribution in [1.82, 2.24) is 4.72 Å². The van der Waals surface area contributed by atoms with Gasteiger partial charge in [0.15, 0.2) is 0 Å². The normalized spacial score (nSPS) is 12.9. The van der Waals surface area contributed by atoms with Crippen molar-refractivity contribution >= 4 is 21.4 Å². The number of thiophene rings is 1. The van der Waals surface area contributed by atoms with Crippen LogP contribution >= 0.6 is 11.3 Å². The van der Waals surface area contributed by atoms with Crippen LogP contribution in [0.3, 0.4) is 0 Å². The van der Waals surface area contributed by atoms with Crippen LogP contribution in [0.4, 0.5) is 0 Å². The van der Waals surface area contributed by atoms with Gasteiger partial charge < -0.3 is 5.73 Å². The molecule has 0 saturated heterocycles. The molecule has 0 spiro atoms. The molecule has 0 aliphatic rings. The van der Waals surface area contributed by atoms with E-state index in [4.69, 9.17) is 5.73 Å². The van der Waals surface area contributed by atoms with Crippen molar-refractivity contribution in [2.24, 2.45) is 11.1 Å². The van der Waals surface area contributed by atoms with Gasteiger partial charge >= 0.3 is 0 Å². The number of hydrogen-bond acceptors (Lipinski definition) is 4. The molecule has 0 amide bonds. The zero-order valence-corrected chi connectivity index (χ0v) is 12.8. The molecular formula is C12H22N2O2S2. The average molecular weight is 290 g/mol. The number of nitrogens with one attached hydrogen (secondary N) is 1. The number of hydrogen-bond donors (Lipinski definition) is 2. The van der Waals surface area contributed by atoms with Crippen molar-refractivity contribution in [3.05, 3.63) is 17.0 Å². The minimum atomic E-state index is -3.37. The molecule has 18 heavy (non-hydrogen) atoms. The van der Waals surface area contributed by atoms with Gasteiger partial charge in [-0.05, 0) is 36.9 Å². The third kappa shape index (κ3) is 4.35. The summed E-state index contributed by atoms with van der Waals surface area (Å²) >= 11 is 1.29. The topological polar surface area (TPSA) is 72.2 Å². The van der Waals surface area contributed by atoms with E-state index in [-0.39, 0.29) is 5.41 Å². The van der Waals surface area contributed by atoms with Crippen molar-refractivity contribution in [3.63, 3.8) is 0 Å². The van der Waals surface area contributed by atoms with Crippen molar-refractivity contribution in [1.29, 1.82) is 0 Å². The maximum Gasteiger partial charge on any atom is 0.250 e. The van der Waals surface area contributed by atoms with Gasteiger partial charge in [0.25, 0.3) is 0 Å². The van der Waals surface area contributed by atoms with Gasteiger partial charge in [0.05, 0.1) is 0 Å². The maximum atomic E-state index is 12.1. The first kappa shape index (κ1) is 15.6. The third-order valence-electron chi connectivity index (χ3n) is 2.99. The Morgan fingerprint density at radius 3 is 2.61 bits per heavy atom. The largest absolute Gasteiger partial charge is 0.330 e. The fourth-order valence-corrected chi connectivity index (χ4v) is 3.92. The van der Waals surface area contributed by atoms with Crippen LogP contribution in [-0.4, -0.2) is 21.5 Å². The summed E-state index contributed by atoms with van der Waals surface area (Å²) in [5, 5.41) is 0. The minimum absolute atomic E-state index is 0.0234. The summed E-state index contributed by atoms with van der Waals surface area (Å²) in [7, 11) is -3.37. The van der Waals surface area contributed by atoms with Crippen LogP contribution in [0.25, 0.3) is 0 Å². The Morgan fingerprint density at radius 1 is 1.39 bits per heavy atom. The van der Waals surface area contributed by atoms with E-state index in [1.165, 1.54) is 11.3 Å². The minimum Gasteiger partial charge on any atom is -0.330 e. The van der Waals surface area contributed by atoms with Gasteiger partial charge in [-0.25, -0.2) is 13.1 Å². The lowest BCUT2D eigenvalue weighted by Gasteiger charge is -2.22. The molecule has 0 aromatic carbocycles. The fourth-order valence-electron chi connectivity index (χ4n) is 1.27. The molecule has 4 nitrogen and oxygen atoms in total. The summed E-state index contributed by atoms with van der Waals surface area (Å²) in [5.74, 6) is 0. The second kappa shape index (κ2) is 6.14. The summed E-state index contributed by atoms with van der Waals surface area (Å²) in [6.07, 6.45) is 1.65. The zero-order valence-electron chi connectivity index (χ0n) is 11.2. The smallest absolute Gasteiger partial charge is 0.250 e. The SMILES string of the molecule is CCC(C)(C)CNS(=O)(=O)c1ccc(CCN)s1. The molecule has 1 heterocycles. The van der Waals surface area contributed by atoms with E-state index >= 15 is 0 Å². The van der Waals surface area contributed by atoms with Crippen LogP contribution in [0, 0.1) is 5.41 Å². The highest BCUT2D eigenvalue weighted by Gasteiger charge is 2.21. The standard InChI is InChI=1S/C12H22N2O2S2/c1-4-12(2,3)9-14-18(15,16)11-6-5-10(17-11)7-8-13/h5-6,14H,4,7-9,13H2,1-3H3. The van der Waals surface area contributed by atoms with Crippen LogP contribution in [0.5, 0.6) is 0 Å². The van der Waals surface area contributed by atoms with Crippen LogP contribution in [-0.2, 0) is 16.4 Å². The van der Waals surface area contributed by atoms with E-state index < -0.39 is 10.0 Å². The van der Waals surface area contributed by atoms with E-state index in [1.807, 2.05) is 19.9 Å². The van der Waals surface area contributed by atoms with Gasteiger partial charge in [-0.2, -0.15) is 0 Å². The Morgan fingerprint density at radius 2 is 2.06 bits per heavy atom. The molecule has 0 aliphatic heterocycles. The highest BCUT2D eigenvalue weighted by molar-refractivity contribution is 7.91. The van der Waals surface area contributed by atoms with Crippen LogP contribution in [0.15, 0.2) is 16.3 Å². The number of rotatable bonds is 7. The van der Waals surface area contributed by atoms with E-state index in [0.717, 1.165) is 17.7 Å². The summed E-state index contributed by atoms with van der Waals surface area (Å²) in [4.78, 5) is 1.01. The Hall–Kier alpha value is -0.430. The van der Waals surface area contributed by atoms with Gasteiger partial charge in [0.1, 0.15) is 4.21 Å². The Bertz CT molecular complexity index is 478. The first-order valence-corrected chi connectivity index (χ1v) is 8.39. The highest BCUT2D eigenvalue weighted by atomic mass is 32.2. The molecule has 1 aromatic rings. The molecule has 3 N–H and O–H groups in total. The Labute approximate surface area is 114 Å². The predicted molar refractivity (Wildman–Crippen MR) is 76.3 cm³/mol. The summed E-state index contributed by atoms with van der Waals surface area (Å²) in [6, 6.07) is 3.48. The molecule has 6 heteroatoms. The predicted octanol–water partition coefficient (Wildman–Crippen LogP) is 1.96. The second-order valence-electron chi connectivity index (χ2n) is 5.10. The van der Waals surface area contributed by atoms with E-state index in [0.29, 0.717) is 17.3 Å². The van der Waals surface area contributed by atoms with Crippen molar-refractivity contribution in [2.45, 2.75) is 37.8 Å². The number of sulfonamides is 1. The molecule has 0 aliphatic carbocycles. The molecule has 1 rings (SSSR count). The second-order valence-corrected chi connectivity index (χ2v) is 8.26. The molecule has 0 atom stereocenters. The summed E-state index contributed by atoms with van der Waals surface area (Å²) in [6.45, 7) is 7.14. The molecule has 0 fully saturated rings. The molecule has 0 unspecified atom stereocenters. The molecule has 0 bridgehead atoms. The fraction of sp³-hybridized carbons (Fsp3) is 0.667. The van der Waals surface area contributed by atoms with Gasteiger partial charge in [0.2, 0.25) is 10.0 Å². The monoisotopic (exact) mass is 290 g/mol. The number of nitrogens with two attached hydrogens (primary N) is 1. The lowest BCUT2D eigenvalue weighted by molar-refractivity contribution is 0.350. The van der Waals surface area contributed by atoms with Crippen molar-refractivity contribution in [3.8, 4) is 0 Å². The Kier molecular flexibility index (Phi) is 5.33. The zero-order chi connectivity index (χ0) is 13.8. The lowest BCUT2D eigenvalue weighted by atomic mass is 9.91. The lowest BCUT2D eigenvalue weighted by Crippen LogP contribution is -2.33. The van der Waals surface area contributed by atoms with Crippen LogP contribution in [0.2, 0.25) is 0 Å². The van der Waals surface area contributed by atoms with Gasteiger partial charge in [-0.3, -0.25) is 0 Å². The van der Waals surface area contributed by atoms with Gasteiger partial charge in [-0.1, -0.05) is 20.8 Å². The van der Waals surface area contributed by atoms with E-state index in [2.05, 4.69) is 11.6 Å². The summed E-state index contributed by atoms with van der Waals surface area (Å²) < 4.78 is 27.2. The molecule has 1 aromatic heterocycles. The van der Waals surface area contributed by atoms with E-state index in [9.17, 15) is 8.42 Å². The first-order valence-electron chi connectivity index (χ1n) is 6.09. The average Bonchev–Trinajstić information content (AvgIpc) is 2.77. The van der Waals surface area contributed by atoms with Crippen molar-refractivity contribution < 1.29 is 8.42 Å². The first-order chi connectivity index (χ1) is 8.30. The van der Waals surface area contributed by atoms with Crippen molar-refractivity contribution in [2.75, 3.05) is 13.1 Å². The molecule has 0 saturated carbocycles. The van der Waals surface area contributed by atoms with Crippen LogP contribution in [0.1, 0.15) is 32.1 Å². The third-order valence-corrected chi connectivity index (χ3v) is 6.03. The quantitative estimate of drug-likeness (QED) is 0.806. The van der Waals surface area contributed by atoms with Gasteiger partial charge in [0, 0.05) is 11.4 Å². The molecule has 0 radical (unpaired) electrons. The highest BCUT2D eigenvalue weighted by Crippen LogP contribution is 2.23. The van der Waals surface area contributed by atoms with Gasteiger partial charge in [-0.15, -0.1) is 11.3 Å². The summed E-state index contributed by atoms with van der Waals surface area (Å²) in [5.41, 5.74) is 5.43. The Balaban J connectivity index is 2.74. The maximum absolute atomic E-state index is 12.1. The molecule has 104 valence electrons.